The molecule has 3 aromatic rings. The van der Waals surface area contributed by atoms with Gasteiger partial charge in [-0.05, 0) is 29.3 Å². The molecule has 0 atom stereocenters. The zero-order chi connectivity index (χ0) is 20.7. The van der Waals surface area contributed by atoms with Crippen LogP contribution in [0.1, 0.15) is 16.1 Å². The zero-order valence-electron chi connectivity index (χ0n) is 13.9. The van der Waals surface area contributed by atoms with Gasteiger partial charge in [-0.3, -0.25) is 5.10 Å². The minimum Gasteiger partial charge on any atom is -0.478 e. The number of carboxylic acid groups (broad SMARTS) is 1. The second-order valence-electron chi connectivity index (χ2n) is 5.76. The molecule has 7 nitrogen and oxygen atoms in total. The number of rotatable bonds is 4. The first-order valence-corrected chi connectivity index (χ1v) is 9.15. The first-order valence-electron chi connectivity index (χ1n) is 7.60. The average Bonchev–Trinajstić information content (AvgIpc) is 3.10. The fourth-order valence-electron chi connectivity index (χ4n) is 2.78. The third kappa shape index (κ3) is 3.62. The van der Waals surface area contributed by atoms with E-state index < -0.39 is 33.4 Å². The number of sulfonamides is 1. The highest BCUT2D eigenvalue weighted by atomic mass is 32.2. The van der Waals surface area contributed by atoms with Crippen LogP contribution in [0.2, 0.25) is 0 Å². The molecule has 3 rings (SSSR count). The molecule has 1 aromatic heterocycles. The maximum absolute atomic E-state index is 13.3. The van der Waals surface area contributed by atoms with E-state index in [1.54, 1.807) is 0 Å². The molecule has 146 valence electrons. The monoisotopic (exact) mass is 411 g/mol. The molecule has 0 aliphatic heterocycles. The summed E-state index contributed by atoms with van der Waals surface area (Å²) in [7, 11) is -3.96. The molecule has 0 spiro atoms. The number of carbonyl (C=O) groups is 1. The number of carboxylic acids is 1. The predicted molar refractivity (Wildman–Crippen MR) is 92.8 cm³/mol. The predicted octanol–water partition coefficient (Wildman–Crippen LogP) is 3.11. The number of nitrogens with zero attached hydrogens (tertiary/aromatic N) is 1. The number of hydrogen-bond donors (Lipinski definition) is 3. The quantitative estimate of drug-likeness (QED) is 0.608. The summed E-state index contributed by atoms with van der Waals surface area (Å²) in [6.45, 7) is 0. The molecule has 0 fully saturated rings. The Kier molecular flexibility index (Phi) is 4.73. The van der Waals surface area contributed by atoms with Gasteiger partial charge in [0.05, 0.1) is 16.7 Å². The molecule has 2 aromatic carbocycles. The summed E-state index contributed by atoms with van der Waals surface area (Å²) in [6, 6.07) is 9.01. The van der Waals surface area contributed by atoms with Crippen LogP contribution in [-0.4, -0.2) is 29.7 Å². The van der Waals surface area contributed by atoms with Gasteiger partial charge in [-0.2, -0.15) is 18.3 Å². The number of hydrogen-bond acceptors (Lipinski definition) is 4. The number of H-pyrrole nitrogens is 1. The molecule has 0 bridgehead atoms. The number of alkyl halides is 3. The van der Waals surface area contributed by atoms with Crippen LogP contribution < -0.4 is 5.14 Å². The van der Waals surface area contributed by atoms with E-state index in [1.807, 2.05) is 5.10 Å². The summed E-state index contributed by atoms with van der Waals surface area (Å²) in [5.74, 6) is -1.42. The largest absolute Gasteiger partial charge is 0.478 e. The lowest BCUT2D eigenvalue weighted by Crippen LogP contribution is -2.11. The Morgan fingerprint density at radius 2 is 1.71 bits per heavy atom. The number of primary sulfonamides is 1. The lowest BCUT2D eigenvalue weighted by atomic mass is 9.90. The van der Waals surface area contributed by atoms with Gasteiger partial charge in [0.2, 0.25) is 10.0 Å². The van der Waals surface area contributed by atoms with Crippen molar-refractivity contribution >= 4 is 16.0 Å². The number of halogens is 3. The molecule has 0 aliphatic rings. The second kappa shape index (κ2) is 6.77. The van der Waals surface area contributed by atoms with Crippen LogP contribution in [0.15, 0.2) is 53.6 Å². The van der Waals surface area contributed by atoms with Crippen LogP contribution in [0.4, 0.5) is 13.2 Å². The Morgan fingerprint density at radius 3 is 2.25 bits per heavy atom. The van der Waals surface area contributed by atoms with Crippen molar-refractivity contribution in [3.63, 3.8) is 0 Å². The van der Waals surface area contributed by atoms with Crippen molar-refractivity contribution in [1.82, 2.24) is 10.2 Å². The van der Waals surface area contributed by atoms with Crippen molar-refractivity contribution in [2.45, 2.75) is 11.1 Å². The topological polar surface area (TPSA) is 126 Å². The maximum Gasteiger partial charge on any atom is 0.433 e. The Labute approximate surface area is 156 Å². The van der Waals surface area contributed by atoms with Gasteiger partial charge in [0.15, 0.2) is 0 Å². The molecule has 11 heteroatoms. The molecule has 28 heavy (non-hydrogen) atoms. The highest BCUT2D eigenvalue weighted by Crippen LogP contribution is 2.41. The Morgan fingerprint density at radius 1 is 1.07 bits per heavy atom. The summed E-state index contributed by atoms with van der Waals surface area (Å²) in [6.07, 6.45) is -3.89. The third-order valence-corrected chi connectivity index (χ3v) is 4.91. The second-order valence-corrected chi connectivity index (χ2v) is 7.32. The van der Waals surface area contributed by atoms with Crippen molar-refractivity contribution in [1.29, 1.82) is 0 Å². The third-order valence-electron chi connectivity index (χ3n) is 3.98. The molecule has 0 aliphatic carbocycles. The minimum absolute atomic E-state index is 0.160. The molecule has 0 saturated carbocycles. The van der Waals surface area contributed by atoms with Crippen LogP contribution >= 0.6 is 0 Å². The van der Waals surface area contributed by atoms with Crippen LogP contribution in [0.25, 0.3) is 22.3 Å². The molecule has 1 heterocycles. The van der Waals surface area contributed by atoms with E-state index in [1.165, 1.54) is 42.5 Å². The smallest absolute Gasteiger partial charge is 0.433 e. The Balaban J connectivity index is 2.29. The molecule has 0 amide bonds. The highest BCUT2D eigenvalue weighted by Gasteiger charge is 2.37. The number of nitrogens with two attached hydrogens (primary N) is 1. The van der Waals surface area contributed by atoms with E-state index in [9.17, 15) is 31.5 Å². The van der Waals surface area contributed by atoms with E-state index in [4.69, 9.17) is 5.14 Å². The van der Waals surface area contributed by atoms with E-state index in [0.29, 0.717) is 5.56 Å². The number of aromatic nitrogens is 2. The summed E-state index contributed by atoms with van der Waals surface area (Å²) >= 11 is 0. The zero-order valence-corrected chi connectivity index (χ0v) is 14.7. The number of benzene rings is 2. The lowest BCUT2D eigenvalue weighted by molar-refractivity contribution is -0.140. The van der Waals surface area contributed by atoms with Gasteiger partial charge < -0.3 is 5.11 Å². The molecular formula is C17H12F3N3O4S. The molecule has 0 unspecified atom stereocenters. The highest BCUT2D eigenvalue weighted by molar-refractivity contribution is 7.89. The van der Waals surface area contributed by atoms with Crippen LogP contribution in [-0.2, 0) is 16.2 Å². The van der Waals surface area contributed by atoms with E-state index in [2.05, 4.69) is 5.10 Å². The summed E-state index contributed by atoms with van der Waals surface area (Å²) in [4.78, 5) is 11.5. The summed E-state index contributed by atoms with van der Waals surface area (Å²) < 4.78 is 62.7. The maximum atomic E-state index is 13.3. The van der Waals surface area contributed by atoms with Crippen molar-refractivity contribution in [3.8, 4) is 22.3 Å². The van der Waals surface area contributed by atoms with Crippen molar-refractivity contribution < 1.29 is 31.5 Å². The summed E-state index contributed by atoms with van der Waals surface area (Å²) in [5, 5.41) is 19.8. The first kappa shape index (κ1) is 19.6. The minimum atomic E-state index is -4.79. The fourth-order valence-corrected chi connectivity index (χ4v) is 3.29. The molecule has 0 radical (unpaired) electrons. The van der Waals surface area contributed by atoms with Crippen molar-refractivity contribution in [2.75, 3.05) is 0 Å². The number of aromatic amines is 1. The van der Waals surface area contributed by atoms with Crippen LogP contribution in [0.5, 0.6) is 0 Å². The van der Waals surface area contributed by atoms with E-state index in [0.717, 1.165) is 6.20 Å². The lowest BCUT2D eigenvalue weighted by Gasteiger charge is -2.15. The number of aromatic carboxylic acids is 1. The molecule has 4 N–H and O–H groups in total. The molecular weight excluding hydrogens is 399 g/mol. The summed E-state index contributed by atoms with van der Waals surface area (Å²) in [5.41, 5.74) is -1.72. The van der Waals surface area contributed by atoms with E-state index >= 15 is 0 Å². The van der Waals surface area contributed by atoms with Gasteiger partial charge >= 0.3 is 12.1 Å². The van der Waals surface area contributed by atoms with Gasteiger partial charge in [0, 0.05) is 11.1 Å². The SMILES string of the molecule is NS(=O)(=O)c1ccc(-c2cccc(C(=O)O)c2-c2cn[nH]c2C(F)(F)F)cc1. The standard InChI is InChI=1S/C17H12F3N3O4S/c18-17(19,20)15-13(8-22-23-15)14-11(2-1-3-12(14)16(24)25)9-4-6-10(7-5-9)28(21,26)27/h1-8H,(H,22,23)(H,24,25)(H2,21,26,27). The van der Waals surface area contributed by atoms with Gasteiger partial charge in [-0.25, -0.2) is 18.4 Å². The van der Waals surface area contributed by atoms with Gasteiger partial charge in [-0.1, -0.05) is 24.3 Å². The van der Waals surface area contributed by atoms with Crippen molar-refractivity contribution in [2.24, 2.45) is 5.14 Å². The van der Waals surface area contributed by atoms with Gasteiger partial charge in [-0.15, -0.1) is 0 Å². The van der Waals surface area contributed by atoms with Crippen LogP contribution in [0.3, 0.4) is 0 Å². The fraction of sp³-hybridized carbons (Fsp3) is 0.0588. The van der Waals surface area contributed by atoms with Gasteiger partial charge in [0.1, 0.15) is 5.69 Å². The van der Waals surface area contributed by atoms with E-state index in [-0.39, 0.29) is 21.6 Å². The molecule has 0 saturated heterocycles. The first-order chi connectivity index (χ1) is 13.0. The Bertz CT molecular complexity index is 1150. The van der Waals surface area contributed by atoms with Gasteiger partial charge in [0.25, 0.3) is 0 Å². The average molecular weight is 411 g/mol. The Hall–Kier alpha value is -3.18. The van der Waals surface area contributed by atoms with Crippen LogP contribution in [0, 0.1) is 0 Å². The van der Waals surface area contributed by atoms with Crippen molar-refractivity contribution in [3.05, 3.63) is 59.9 Å². The normalized spacial score (nSPS) is 12.1. The number of nitrogens with one attached hydrogen (secondary N) is 1.